The van der Waals surface area contributed by atoms with Crippen LogP contribution in [-0.2, 0) is 11.2 Å². The highest BCUT2D eigenvalue weighted by Gasteiger charge is 2.30. The van der Waals surface area contributed by atoms with Crippen molar-refractivity contribution in [3.8, 4) is 0 Å². The van der Waals surface area contributed by atoms with Crippen molar-refractivity contribution in [2.24, 2.45) is 5.92 Å². The number of anilines is 1. The van der Waals surface area contributed by atoms with E-state index in [1.54, 1.807) is 11.1 Å². The zero-order valence-corrected chi connectivity index (χ0v) is 9.52. The molecule has 0 bridgehead atoms. The molecule has 1 saturated heterocycles. The van der Waals surface area contributed by atoms with Gasteiger partial charge in [-0.3, -0.25) is 9.69 Å². The first-order valence-electron chi connectivity index (χ1n) is 5.63. The molecule has 0 radical (unpaired) electrons. The van der Waals surface area contributed by atoms with Gasteiger partial charge in [0.1, 0.15) is 5.82 Å². The number of carbonyl (C=O) groups is 1. The number of carbonyl (C=O) groups excluding carboxylic acids is 1. The number of nitrogens with zero attached hydrogens (tertiary/aromatic N) is 2. The summed E-state index contributed by atoms with van der Waals surface area (Å²) in [4.78, 5) is 18.0. The molecule has 2 heterocycles. The number of rotatable bonds is 3. The summed E-state index contributed by atoms with van der Waals surface area (Å²) in [6.07, 6.45) is 5.05. The van der Waals surface area contributed by atoms with Gasteiger partial charge in [-0.25, -0.2) is 4.98 Å². The van der Waals surface area contributed by atoms with Crippen LogP contribution in [0.25, 0.3) is 0 Å². The van der Waals surface area contributed by atoms with Crippen molar-refractivity contribution in [3.63, 3.8) is 0 Å². The van der Waals surface area contributed by atoms with Crippen molar-refractivity contribution in [3.05, 3.63) is 36.5 Å². The Morgan fingerprint density at radius 3 is 3.12 bits per heavy atom. The Labute approximate surface area is 95.8 Å². The first-order valence-corrected chi connectivity index (χ1v) is 5.63. The predicted octanol–water partition coefficient (Wildman–Crippen LogP) is 2.18. The number of aryl methyl sites for hydroxylation is 1. The second-order valence-electron chi connectivity index (χ2n) is 4.04. The van der Waals surface area contributed by atoms with E-state index in [1.165, 1.54) is 0 Å². The van der Waals surface area contributed by atoms with Crippen LogP contribution in [0.1, 0.15) is 18.9 Å². The second-order valence-corrected chi connectivity index (χ2v) is 4.04. The molecule has 0 saturated carbocycles. The predicted molar refractivity (Wildman–Crippen MR) is 64.3 cm³/mol. The van der Waals surface area contributed by atoms with Crippen LogP contribution in [0.4, 0.5) is 5.82 Å². The highest BCUT2D eigenvalue weighted by Crippen LogP contribution is 2.26. The van der Waals surface area contributed by atoms with E-state index in [-0.39, 0.29) is 11.8 Å². The van der Waals surface area contributed by atoms with Gasteiger partial charge in [0.05, 0.1) is 0 Å². The summed E-state index contributed by atoms with van der Waals surface area (Å²) in [5.41, 5.74) is 1.13. The number of pyridine rings is 1. The summed E-state index contributed by atoms with van der Waals surface area (Å²) in [6, 6.07) is 3.94. The summed E-state index contributed by atoms with van der Waals surface area (Å²) >= 11 is 0. The molecule has 0 N–H and O–H groups in total. The molecule has 2 rings (SSSR count). The average molecular weight is 216 g/mol. The zero-order valence-electron chi connectivity index (χ0n) is 9.52. The lowest BCUT2D eigenvalue weighted by Crippen LogP contribution is -2.26. The van der Waals surface area contributed by atoms with Gasteiger partial charge in [-0.15, -0.1) is 6.58 Å². The number of hydrogen-bond donors (Lipinski definition) is 0. The molecule has 1 amide bonds. The van der Waals surface area contributed by atoms with Gasteiger partial charge in [-0.2, -0.15) is 0 Å². The summed E-state index contributed by atoms with van der Waals surface area (Å²) in [7, 11) is 0. The Kier molecular flexibility index (Phi) is 3.04. The standard InChI is InChI=1S/C13H16N2O/c1-3-10-8-12(16)15(9-10)13-11(4-2)6-5-7-14-13/h3,5-7,10H,1,4,8-9H2,2H3. The third-order valence-corrected chi connectivity index (χ3v) is 2.99. The molecule has 3 heteroatoms. The third kappa shape index (κ3) is 1.85. The number of aromatic nitrogens is 1. The molecule has 1 aromatic rings. The fourth-order valence-corrected chi connectivity index (χ4v) is 2.05. The van der Waals surface area contributed by atoms with Gasteiger partial charge in [0.25, 0.3) is 0 Å². The van der Waals surface area contributed by atoms with Crippen LogP contribution in [0.15, 0.2) is 31.0 Å². The minimum Gasteiger partial charge on any atom is -0.296 e. The lowest BCUT2D eigenvalue weighted by molar-refractivity contribution is -0.117. The van der Waals surface area contributed by atoms with Crippen molar-refractivity contribution >= 4 is 11.7 Å². The Morgan fingerprint density at radius 2 is 2.50 bits per heavy atom. The SMILES string of the molecule is C=CC1CC(=O)N(c2ncccc2CC)C1. The highest BCUT2D eigenvalue weighted by molar-refractivity contribution is 5.95. The van der Waals surface area contributed by atoms with E-state index in [0.29, 0.717) is 13.0 Å². The fraction of sp³-hybridized carbons (Fsp3) is 0.385. The van der Waals surface area contributed by atoms with Crippen LogP contribution in [0.2, 0.25) is 0 Å². The van der Waals surface area contributed by atoms with E-state index in [9.17, 15) is 4.79 Å². The van der Waals surface area contributed by atoms with E-state index in [0.717, 1.165) is 17.8 Å². The second kappa shape index (κ2) is 4.47. The Bertz CT molecular complexity index is 414. The van der Waals surface area contributed by atoms with E-state index >= 15 is 0 Å². The highest BCUT2D eigenvalue weighted by atomic mass is 16.2. The van der Waals surface area contributed by atoms with E-state index < -0.39 is 0 Å². The monoisotopic (exact) mass is 216 g/mol. The Morgan fingerprint density at radius 1 is 1.69 bits per heavy atom. The van der Waals surface area contributed by atoms with Crippen LogP contribution < -0.4 is 4.90 Å². The zero-order chi connectivity index (χ0) is 11.5. The molecule has 0 aliphatic carbocycles. The van der Waals surface area contributed by atoms with Gasteiger partial charge < -0.3 is 0 Å². The molecule has 0 spiro atoms. The lowest BCUT2D eigenvalue weighted by Gasteiger charge is -2.17. The Balaban J connectivity index is 2.30. The summed E-state index contributed by atoms with van der Waals surface area (Å²) in [5.74, 6) is 1.23. The number of amides is 1. The van der Waals surface area contributed by atoms with Gasteiger partial charge in [-0.1, -0.05) is 19.1 Å². The summed E-state index contributed by atoms with van der Waals surface area (Å²) < 4.78 is 0. The largest absolute Gasteiger partial charge is 0.296 e. The van der Waals surface area contributed by atoms with Crippen LogP contribution in [0, 0.1) is 5.92 Å². The van der Waals surface area contributed by atoms with Gasteiger partial charge in [-0.05, 0) is 18.1 Å². The summed E-state index contributed by atoms with van der Waals surface area (Å²) in [5, 5.41) is 0. The minimum atomic E-state index is 0.151. The van der Waals surface area contributed by atoms with Crippen molar-refractivity contribution in [1.29, 1.82) is 0 Å². The lowest BCUT2D eigenvalue weighted by atomic mass is 10.1. The molecule has 1 aliphatic heterocycles. The average Bonchev–Trinajstić information content (AvgIpc) is 2.70. The smallest absolute Gasteiger partial charge is 0.228 e. The van der Waals surface area contributed by atoms with Crippen molar-refractivity contribution in [2.75, 3.05) is 11.4 Å². The van der Waals surface area contributed by atoms with Crippen molar-refractivity contribution < 1.29 is 4.79 Å². The molecule has 84 valence electrons. The molecule has 1 fully saturated rings. The van der Waals surface area contributed by atoms with Crippen LogP contribution in [0.3, 0.4) is 0 Å². The third-order valence-electron chi connectivity index (χ3n) is 2.99. The first-order chi connectivity index (χ1) is 7.76. The molecule has 1 atom stereocenters. The van der Waals surface area contributed by atoms with Crippen LogP contribution in [0.5, 0.6) is 0 Å². The van der Waals surface area contributed by atoms with Gasteiger partial charge in [0, 0.05) is 25.1 Å². The molecule has 1 unspecified atom stereocenters. The minimum absolute atomic E-state index is 0.151. The normalized spacial score (nSPS) is 20.2. The quantitative estimate of drug-likeness (QED) is 0.725. The van der Waals surface area contributed by atoms with Crippen LogP contribution >= 0.6 is 0 Å². The van der Waals surface area contributed by atoms with Crippen molar-refractivity contribution in [1.82, 2.24) is 4.98 Å². The van der Waals surface area contributed by atoms with E-state index in [2.05, 4.69) is 18.5 Å². The summed E-state index contributed by atoms with van der Waals surface area (Å²) in [6.45, 7) is 6.54. The van der Waals surface area contributed by atoms with Crippen LogP contribution in [-0.4, -0.2) is 17.4 Å². The molecular weight excluding hydrogens is 200 g/mol. The molecule has 3 nitrogen and oxygen atoms in total. The van der Waals surface area contributed by atoms with Crippen molar-refractivity contribution in [2.45, 2.75) is 19.8 Å². The van der Waals surface area contributed by atoms with Gasteiger partial charge >= 0.3 is 0 Å². The Hall–Kier alpha value is -1.64. The molecule has 1 aromatic heterocycles. The molecule has 0 aromatic carbocycles. The van der Waals surface area contributed by atoms with Gasteiger partial charge in [0.15, 0.2) is 0 Å². The van der Waals surface area contributed by atoms with Gasteiger partial charge in [0.2, 0.25) is 5.91 Å². The fourth-order valence-electron chi connectivity index (χ4n) is 2.05. The maximum atomic E-state index is 11.9. The molecule has 16 heavy (non-hydrogen) atoms. The topological polar surface area (TPSA) is 33.2 Å². The molecule has 1 aliphatic rings. The van der Waals surface area contributed by atoms with E-state index in [1.807, 2.05) is 18.2 Å². The maximum Gasteiger partial charge on any atom is 0.228 e. The van der Waals surface area contributed by atoms with E-state index in [4.69, 9.17) is 0 Å². The number of hydrogen-bond acceptors (Lipinski definition) is 2. The maximum absolute atomic E-state index is 11.9. The molecular formula is C13H16N2O. The first kappa shape index (κ1) is 10.9.